The summed E-state index contributed by atoms with van der Waals surface area (Å²) in [7, 11) is 1.24. The fraction of sp³-hybridized carbons (Fsp3) is 0.208. The second-order valence-electron chi connectivity index (χ2n) is 7.07. The number of ether oxygens (including phenoxy) is 1. The van der Waals surface area contributed by atoms with Crippen molar-refractivity contribution in [1.29, 1.82) is 0 Å². The fourth-order valence-corrected chi connectivity index (χ4v) is 2.74. The van der Waals surface area contributed by atoms with Crippen LogP contribution in [-0.2, 0) is 11.0 Å². The lowest BCUT2D eigenvalue weighted by Gasteiger charge is -2.21. The molecule has 1 heterocycles. The van der Waals surface area contributed by atoms with Crippen LogP contribution in [0.4, 0.5) is 29.3 Å². The molecule has 2 rings (SSSR count). The van der Waals surface area contributed by atoms with Crippen LogP contribution in [-0.4, -0.2) is 24.0 Å². The highest BCUT2D eigenvalue weighted by Crippen LogP contribution is 2.38. The summed E-state index contributed by atoms with van der Waals surface area (Å²) in [5.74, 6) is 0.532. The first-order chi connectivity index (χ1) is 16.0. The molecular formula is C24H25F3N4O3. The van der Waals surface area contributed by atoms with Crippen molar-refractivity contribution in [3.8, 4) is 5.75 Å². The maximum atomic E-state index is 13.5. The Morgan fingerprint density at radius 2 is 1.91 bits per heavy atom. The number of rotatable bonds is 7. The van der Waals surface area contributed by atoms with Crippen LogP contribution in [0.5, 0.6) is 5.75 Å². The van der Waals surface area contributed by atoms with Gasteiger partial charge in [-0.3, -0.25) is 9.78 Å². The summed E-state index contributed by atoms with van der Waals surface area (Å²) in [5, 5.41) is 4.74. The van der Waals surface area contributed by atoms with E-state index in [1.165, 1.54) is 25.4 Å². The van der Waals surface area contributed by atoms with Crippen molar-refractivity contribution >= 4 is 23.3 Å². The van der Waals surface area contributed by atoms with Crippen molar-refractivity contribution in [2.45, 2.75) is 26.9 Å². The molecule has 1 aromatic carbocycles. The Labute approximate surface area is 195 Å². The van der Waals surface area contributed by atoms with E-state index in [2.05, 4.69) is 15.6 Å². The van der Waals surface area contributed by atoms with E-state index >= 15 is 0 Å². The van der Waals surface area contributed by atoms with E-state index in [4.69, 9.17) is 4.74 Å². The van der Waals surface area contributed by atoms with Crippen LogP contribution in [0, 0.1) is 6.92 Å². The molecule has 0 atom stereocenters. The van der Waals surface area contributed by atoms with Gasteiger partial charge in [-0.25, -0.2) is 4.79 Å². The summed E-state index contributed by atoms with van der Waals surface area (Å²) in [6.07, 6.45) is 4.82. The van der Waals surface area contributed by atoms with Gasteiger partial charge in [0, 0.05) is 43.8 Å². The predicted octanol–water partition coefficient (Wildman–Crippen LogP) is 5.57. The number of nitrogens with zero attached hydrogens (tertiary/aromatic N) is 2. The largest absolute Gasteiger partial charge is 0.457 e. The molecule has 0 aliphatic carbocycles. The molecule has 0 spiro atoms. The third-order valence-electron chi connectivity index (χ3n) is 4.40. The monoisotopic (exact) mass is 474 g/mol. The van der Waals surface area contributed by atoms with E-state index in [1.807, 2.05) is 13.8 Å². The number of aryl methyl sites for hydroxylation is 1. The normalized spacial score (nSPS) is 12.1. The third-order valence-corrected chi connectivity index (χ3v) is 4.40. The highest BCUT2D eigenvalue weighted by atomic mass is 19.4. The van der Waals surface area contributed by atoms with Gasteiger partial charge in [-0.2, -0.15) is 13.2 Å². The summed E-state index contributed by atoms with van der Waals surface area (Å²) >= 11 is 0. The molecule has 1 aromatic heterocycles. The van der Waals surface area contributed by atoms with Crippen LogP contribution < -0.4 is 20.3 Å². The number of hydrogen-bond donors (Lipinski definition) is 2. The molecule has 2 aromatic rings. The lowest BCUT2D eigenvalue weighted by atomic mass is 10.1. The molecule has 0 radical (unpaired) electrons. The summed E-state index contributed by atoms with van der Waals surface area (Å²) in [4.78, 5) is 28.6. The molecule has 0 saturated carbocycles. The van der Waals surface area contributed by atoms with Gasteiger partial charge in [0.15, 0.2) is 0 Å². The first kappa shape index (κ1) is 26.2. The van der Waals surface area contributed by atoms with Crippen molar-refractivity contribution in [1.82, 2.24) is 10.3 Å². The maximum Gasteiger partial charge on any atom is 0.418 e. The molecule has 0 unspecified atom stereocenters. The Morgan fingerprint density at radius 3 is 2.53 bits per heavy atom. The topological polar surface area (TPSA) is 83.6 Å². The van der Waals surface area contributed by atoms with Crippen molar-refractivity contribution in [2.75, 3.05) is 17.3 Å². The first-order valence-electron chi connectivity index (χ1n) is 10.1. The fourth-order valence-electron chi connectivity index (χ4n) is 2.74. The lowest BCUT2D eigenvalue weighted by Crippen LogP contribution is -2.27. The zero-order valence-corrected chi connectivity index (χ0v) is 19.1. The minimum Gasteiger partial charge on any atom is -0.457 e. The number of allylic oxidation sites excluding steroid dienone is 4. The quantitative estimate of drug-likeness (QED) is 0.406. The number of alkyl halides is 3. The van der Waals surface area contributed by atoms with E-state index in [-0.39, 0.29) is 11.4 Å². The van der Waals surface area contributed by atoms with Gasteiger partial charge >= 0.3 is 12.2 Å². The average Bonchev–Trinajstić information content (AvgIpc) is 2.75. The number of carbonyl (C=O) groups excluding carboxylic acids is 2. The minimum absolute atomic E-state index is 0.0829. The number of carbonyl (C=O) groups is 2. The Hall–Kier alpha value is -4.08. The molecule has 180 valence electrons. The average molecular weight is 474 g/mol. The zero-order chi connectivity index (χ0) is 25.3. The van der Waals surface area contributed by atoms with E-state index in [0.29, 0.717) is 11.5 Å². The Morgan fingerprint density at radius 1 is 1.18 bits per heavy atom. The number of aromatic nitrogens is 1. The van der Waals surface area contributed by atoms with Crippen LogP contribution in [0.2, 0.25) is 0 Å². The smallest absolute Gasteiger partial charge is 0.418 e. The second kappa shape index (κ2) is 11.7. The van der Waals surface area contributed by atoms with Crippen molar-refractivity contribution in [2.24, 2.45) is 0 Å². The molecule has 10 heteroatoms. The van der Waals surface area contributed by atoms with Gasteiger partial charge in [0.2, 0.25) is 5.91 Å². The Balaban J connectivity index is 2.07. The van der Waals surface area contributed by atoms with Crippen LogP contribution in [0.15, 0.2) is 72.8 Å². The Kier molecular flexibility index (Phi) is 9.00. The van der Waals surface area contributed by atoms with Gasteiger partial charge in [-0.15, -0.1) is 0 Å². The van der Waals surface area contributed by atoms with Gasteiger partial charge < -0.3 is 20.3 Å². The standard InChI is InChI=1S/C24H25F3N4O3/c1-5-7-19(34-20-11-13-28-16(2)14-20)8-6-12-29-23(33)30-18-9-10-22(31(4)17(3)32)21(15-18)24(25,26)27/h5-15H,1-4H3,(H2,29,30,33). The second-order valence-corrected chi connectivity index (χ2v) is 7.07. The van der Waals surface area contributed by atoms with Crippen LogP contribution in [0.1, 0.15) is 25.1 Å². The van der Waals surface area contributed by atoms with Gasteiger partial charge in [-0.05, 0) is 56.3 Å². The number of amides is 3. The van der Waals surface area contributed by atoms with E-state index in [1.54, 1.807) is 36.6 Å². The highest BCUT2D eigenvalue weighted by Gasteiger charge is 2.35. The molecule has 0 aliphatic heterocycles. The van der Waals surface area contributed by atoms with Crippen LogP contribution in [0.25, 0.3) is 0 Å². The maximum absolute atomic E-state index is 13.5. The molecule has 0 aliphatic rings. The molecule has 0 saturated heterocycles. The number of halogens is 3. The van der Waals surface area contributed by atoms with Gasteiger partial charge in [0.25, 0.3) is 0 Å². The number of benzene rings is 1. The van der Waals surface area contributed by atoms with Gasteiger partial charge in [-0.1, -0.05) is 6.08 Å². The molecule has 7 nitrogen and oxygen atoms in total. The molecule has 2 N–H and O–H groups in total. The highest BCUT2D eigenvalue weighted by molar-refractivity contribution is 5.94. The third kappa shape index (κ3) is 7.80. The molecular weight excluding hydrogens is 449 g/mol. The number of urea groups is 1. The predicted molar refractivity (Wildman–Crippen MR) is 124 cm³/mol. The van der Waals surface area contributed by atoms with Crippen molar-refractivity contribution < 1.29 is 27.5 Å². The summed E-state index contributed by atoms with van der Waals surface area (Å²) in [5.41, 5.74) is -0.640. The number of anilines is 2. The minimum atomic E-state index is -4.71. The SMILES string of the molecule is CC=CC(=CC=CNC(=O)Nc1ccc(N(C)C(C)=O)c(C(F)(F)F)c1)Oc1ccnc(C)c1. The molecule has 0 bridgehead atoms. The van der Waals surface area contributed by atoms with E-state index in [9.17, 15) is 22.8 Å². The van der Waals surface area contributed by atoms with Crippen LogP contribution >= 0.6 is 0 Å². The lowest BCUT2D eigenvalue weighted by molar-refractivity contribution is -0.137. The van der Waals surface area contributed by atoms with E-state index < -0.39 is 23.7 Å². The summed E-state index contributed by atoms with van der Waals surface area (Å²) < 4.78 is 46.1. The van der Waals surface area contributed by atoms with E-state index in [0.717, 1.165) is 29.7 Å². The number of pyridine rings is 1. The van der Waals surface area contributed by atoms with Gasteiger partial charge in [0.05, 0.1) is 11.3 Å². The van der Waals surface area contributed by atoms with Gasteiger partial charge in [0.1, 0.15) is 11.5 Å². The van der Waals surface area contributed by atoms with Crippen molar-refractivity contribution in [3.63, 3.8) is 0 Å². The molecule has 0 fully saturated rings. The first-order valence-corrected chi connectivity index (χ1v) is 10.1. The number of nitrogens with one attached hydrogen (secondary N) is 2. The zero-order valence-electron chi connectivity index (χ0n) is 19.1. The molecule has 34 heavy (non-hydrogen) atoms. The van der Waals surface area contributed by atoms with Crippen molar-refractivity contribution in [3.05, 3.63) is 84.0 Å². The Bertz CT molecular complexity index is 1120. The summed E-state index contributed by atoms with van der Waals surface area (Å²) in [6, 6.07) is 5.90. The van der Waals surface area contributed by atoms with Crippen LogP contribution in [0.3, 0.4) is 0 Å². The molecule has 3 amide bonds. The number of hydrogen-bond acceptors (Lipinski definition) is 4. The summed E-state index contributed by atoms with van der Waals surface area (Å²) in [6.45, 7) is 4.81.